The van der Waals surface area contributed by atoms with Crippen LogP contribution in [0.2, 0.25) is 0 Å². The second-order valence-corrected chi connectivity index (χ2v) is 6.47. The third-order valence-electron chi connectivity index (χ3n) is 4.05. The van der Waals surface area contributed by atoms with E-state index < -0.39 is 0 Å². The Morgan fingerprint density at radius 2 is 2.30 bits per heavy atom. The monoisotopic (exact) mass is 326 g/mol. The molecular formula is C16H18N6S. The smallest absolute Gasteiger partial charge is 0.188 e. The molecule has 3 aromatic heterocycles. The van der Waals surface area contributed by atoms with Gasteiger partial charge < -0.3 is 10.3 Å². The molecule has 0 unspecified atom stereocenters. The standard InChI is InChI=1S/C16H18N6S/c1-3-12(20-14(5-1)21-16-19-8-10-23-16)13-4-2-9-22(13)11-15-17-6-7-18-15/h1,3,5-8,10,13H,2,4,9,11H2,(H,17,18)(H,19,20,21)/t13-/m1/s1. The van der Waals surface area contributed by atoms with Crippen LogP contribution in [0, 0.1) is 0 Å². The van der Waals surface area contributed by atoms with Crippen LogP contribution < -0.4 is 5.32 Å². The fraction of sp³-hybridized carbons (Fsp3) is 0.312. The first-order valence-electron chi connectivity index (χ1n) is 7.74. The lowest BCUT2D eigenvalue weighted by Crippen LogP contribution is -2.24. The number of anilines is 2. The second-order valence-electron chi connectivity index (χ2n) is 5.57. The van der Waals surface area contributed by atoms with Gasteiger partial charge in [-0.15, -0.1) is 11.3 Å². The van der Waals surface area contributed by atoms with Gasteiger partial charge in [0.25, 0.3) is 0 Å². The Hall–Kier alpha value is -2.25. The van der Waals surface area contributed by atoms with Gasteiger partial charge in [-0.1, -0.05) is 6.07 Å². The van der Waals surface area contributed by atoms with Crippen LogP contribution in [0.15, 0.2) is 42.2 Å². The van der Waals surface area contributed by atoms with Crippen molar-refractivity contribution < 1.29 is 0 Å². The fourth-order valence-electron chi connectivity index (χ4n) is 3.03. The van der Waals surface area contributed by atoms with E-state index in [0.29, 0.717) is 6.04 Å². The molecule has 23 heavy (non-hydrogen) atoms. The third-order valence-corrected chi connectivity index (χ3v) is 4.74. The molecule has 0 aliphatic carbocycles. The van der Waals surface area contributed by atoms with Crippen LogP contribution >= 0.6 is 11.3 Å². The summed E-state index contributed by atoms with van der Waals surface area (Å²) < 4.78 is 0. The van der Waals surface area contributed by atoms with Crippen molar-refractivity contribution in [3.8, 4) is 0 Å². The molecule has 3 aromatic rings. The molecule has 1 aliphatic rings. The maximum Gasteiger partial charge on any atom is 0.188 e. The average molecular weight is 326 g/mol. The van der Waals surface area contributed by atoms with E-state index >= 15 is 0 Å². The number of aromatic amines is 1. The Morgan fingerprint density at radius 3 is 3.13 bits per heavy atom. The summed E-state index contributed by atoms with van der Waals surface area (Å²) in [4.78, 5) is 19.0. The Balaban J connectivity index is 1.52. The van der Waals surface area contributed by atoms with E-state index in [1.165, 1.54) is 6.42 Å². The topological polar surface area (TPSA) is 69.7 Å². The summed E-state index contributed by atoms with van der Waals surface area (Å²) in [5, 5.41) is 6.09. The van der Waals surface area contributed by atoms with Crippen LogP contribution in [0.5, 0.6) is 0 Å². The predicted molar refractivity (Wildman–Crippen MR) is 90.6 cm³/mol. The molecular weight excluding hydrogens is 308 g/mol. The zero-order valence-corrected chi connectivity index (χ0v) is 13.5. The fourth-order valence-corrected chi connectivity index (χ4v) is 3.56. The van der Waals surface area contributed by atoms with Crippen molar-refractivity contribution in [2.75, 3.05) is 11.9 Å². The highest BCUT2D eigenvalue weighted by Gasteiger charge is 2.27. The van der Waals surface area contributed by atoms with Crippen LogP contribution in [0.1, 0.15) is 30.4 Å². The molecule has 4 heterocycles. The average Bonchev–Trinajstić information content (AvgIpc) is 3.30. The largest absolute Gasteiger partial charge is 0.348 e. The number of imidazole rings is 1. The zero-order valence-electron chi connectivity index (χ0n) is 12.6. The molecule has 0 amide bonds. The first kappa shape index (κ1) is 14.3. The molecule has 1 fully saturated rings. The van der Waals surface area contributed by atoms with E-state index in [9.17, 15) is 0 Å². The zero-order chi connectivity index (χ0) is 15.5. The Bertz CT molecular complexity index is 740. The lowest BCUT2D eigenvalue weighted by Gasteiger charge is -2.23. The summed E-state index contributed by atoms with van der Waals surface area (Å²) in [6, 6.07) is 6.49. The SMILES string of the molecule is c1cc(Nc2nccs2)nc([C@H]2CCCN2Cc2ncc[nH]2)c1. The van der Waals surface area contributed by atoms with Gasteiger partial charge in [-0.05, 0) is 31.5 Å². The summed E-state index contributed by atoms with van der Waals surface area (Å²) >= 11 is 1.57. The first-order chi connectivity index (χ1) is 11.4. The van der Waals surface area contributed by atoms with Crippen LogP contribution in [-0.2, 0) is 6.54 Å². The van der Waals surface area contributed by atoms with Crippen LogP contribution in [0.25, 0.3) is 0 Å². The van der Waals surface area contributed by atoms with E-state index in [1.54, 1.807) is 23.7 Å². The van der Waals surface area contributed by atoms with Gasteiger partial charge in [0.15, 0.2) is 5.13 Å². The first-order valence-corrected chi connectivity index (χ1v) is 8.62. The number of hydrogen-bond donors (Lipinski definition) is 2. The molecule has 4 rings (SSSR count). The number of rotatable bonds is 5. The third kappa shape index (κ3) is 3.25. The number of likely N-dealkylation sites (tertiary alicyclic amines) is 1. The van der Waals surface area contributed by atoms with Crippen molar-refractivity contribution in [3.05, 3.63) is 53.7 Å². The lowest BCUT2D eigenvalue weighted by atomic mass is 10.1. The van der Waals surface area contributed by atoms with Crippen molar-refractivity contribution in [1.29, 1.82) is 0 Å². The molecule has 0 radical (unpaired) electrons. The van der Waals surface area contributed by atoms with Crippen LogP contribution in [-0.4, -0.2) is 31.4 Å². The number of nitrogens with zero attached hydrogens (tertiary/aromatic N) is 4. The molecule has 2 N–H and O–H groups in total. The van der Waals surface area contributed by atoms with Crippen molar-refractivity contribution in [2.24, 2.45) is 0 Å². The minimum Gasteiger partial charge on any atom is -0.348 e. The summed E-state index contributed by atoms with van der Waals surface area (Å²) in [5.74, 6) is 1.86. The number of hydrogen-bond acceptors (Lipinski definition) is 6. The molecule has 118 valence electrons. The quantitative estimate of drug-likeness (QED) is 0.752. The van der Waals surface area contributed by atoms with Gasteiger partial charge in [0.2, 0.25) is 0 Å². The van der Waals surface area contributed by atoms with Gasteiger partial charge >= 0.3 is 0 Å². The number of aromatic nitrogens is 4. The number of nitrogens with one attached hydrogen (secondary N) is 2. The summed E-state index contributed by atoms with van der Waals surface area (Å²) in [5.41, 5.74) is 1.11. The Kier molecular flexibility index (Phi) is 4.04. The van der Waals surface area contributed by atoms with Gasteiger partial charge in [-0.3, -0.25) is 4.90 Å². The van der Waals surface area contributed by atoms with E-state index in [2.05, 4.69) is 37.3 Å². The normalized spacial score (nSPS) is 18.3. The van der Waals surface area contributed by atoms with Gasteiger partial charge in [-0.2, -0.15) is 0 Å². The highest BCUT2D eigenvalue weighted by molar-refractivity contribution is 7.13. The highest BCUT2D eigenvalue weighted by atomic mass is 32.1. The summed E-state index contributed by atoms with van der Waals surface area (Å²) in [7, 11) is 0. The minimum absolute atomic E-state index is 0.346. The molecule has 0 saturated carbocycles. The maximum absolute atomic E-state index is 4.79. The highest BCUT2D eigenvalue weighted by Crippen LogP contribution is 2.32. The van der Waals surface area contributed by atoms with Crippen LogP contribution in [0.4, 0.5) is 10.9 Å². The van der Waals surface area contributed by atoms with E-state index in [0.717, 1.165) is 42.0 Å². The molecule has 1 atom stereocenters. The van der Waals surface area contributed by atoms with Crippen molar-refractivity contribution in [3.63, 3.8) is 0 Å². The minimum atomic E-state index is 0.346. The molecule has 0 bridgehead atoms. The van der Waals surface area contributed by atoms with Gasteiger partial charge in [0, 0.05) is 24.0 Å². The lowest BCUT2D eigenvalue weighted by molar-refractivity contribution is 0.239. The van der Waals surface area contributed by atoms with Crippen molar-refractivity contribution in [1.82, 2.24) is 24.8 Å². The molecule has 7 heteroatoms. The number of pyridine rings is 1. The van der Waals surface area contributed by atoms with Gasteiger partial charge in [0.05, 0.1) is 18.3 Å². The van der Waals surface area contributed by atoms with Crippen molar-refractivity contribution >= 4 is 22.3 Å². The summed E-state index contributed by atoms with van der Waals surface area (Å²) in [6.07, 6.45) is 7.79. The number of thiazole rings is 1. The van der Waals surface area contributed by atoms with Crippen molar-refractivity contribution in [2.45, 2.75) is 25.4 Å². The van der Waals surface area contributed by atoms with Gasteiger partial charge in [-0.25, -0.2) is 15.0 Å². The molecule has 0 spiro atoms. The predicted octanol–water partition coefficient (Wildman–Crippen LogP) is 3.34. The molecule has 6 nitrogen and oxygen atoms in total. The Labute approximate surface area is 138 Å². The van der Waals surface area contributed by atoms with Crippen LogP contribution in [0.3, 0.4) is 0 Å². The molecule has 1 saturated heterocycles. The molecule has 1 aliphatic heterocycles. The van der Waals surface area contributed by atoms with Gasteiger partial charge in [0.1, 0.15) is 11.6 Å². The maximum atomic E-state index is 4.79. The van der Waals surface area contributed by atoms with E-state index in [-0.39, 0.29) is 0 Å². The number of H-pyrrole nitrogens is 1. The summed E-state index contributed by atoms with van der Waals surface area (Å²) in [6.45, 7) is 1.92. The Morgan fingerprint density at radius 1 is 1.30 bits per heavy atom. The van der Waals surface area contributed by atoms with E-state index in [1.807, 2.05) is 17.6 Å². The van der Waals surface area contributed by atoms with E-state index in [4.69, 9.17) is 4.98 Å². The molecule has 0 aromatic carbocycles. The second kappa shape index (κ2) is 6.47.